The van der Waals surface area contributed by atoms with Crippen molar-refractivity contribution in [2.75, 3.05) is 26.4 Å². The van der Waals surface area contributed by atoms with Gasteiger partial charge in [-0.25, -0.2) is 19.2 Å². The molecule has 0 radical (unpaired) electrons. The minimum absolute atomic E-state index is 0.103. The smallest absolute Gasteiger partial charge is 0.339 e. The summed E-state index contributed by atoms with van der Waals surface area (Å²) in [5, 5.41) is 0. The van der Waals surface area contributed by atoms with E-state index in [-0.39, 0.29) is 31.2 Å². The van der Waals surface area contributed by atoms with Crippen LogP contribution in [-0.4, -0.2) is 62.0 Å². The molecule has 3 aromatic carbocycles. The summed E-state index contributed by atoms with van der Waals surface area (Å²) >= 11 is 0. The van der Waals surface area contributed by atoms with Crippen molar-refractivity contribution in [2.24, 2.45) is 41.4 Å². The molecular weight excluding hydrogens is 953 g/mol. The number of esters is 4. The summed E-state index contributed by atoms with van der Waals surface area (Å²) in [4.78, 5) is 50.2. The lowest BCUT2D eigenvalue weighted by molar-refractivity contribution is -0.138. The Balaban J connectivity index is 1.02. The first-order chi connectivity index (χ1) is 37.0. The van der Waals surface area contributed by atoms with E-state index < -0.39 is 23.5 Å². The molecule has 3 atom stereocenters. The standard InChI is InChI=1S/C66H82O10/c1-5-11-48-17-22-52(23-18-48)54-38-41-66(42-39-54,76-65(70)56-29-34-60(35-30-56)72-44-10-46-74-63(68)8-4)40-37-51-15-13-50(14-16-51)21-26-58-47-57(53-24-19-49(12-6-2)20-25-53)31-36-61(58)75-64(69)55-27-32-59(33-28-55)71-43-9-45-73-62(67)7-3/h7-8,13-16,27-30,32-35,48-49,52-54,57-58,61H,3-6,9-12,17-20,22-25,31,36,38-39,41-47H2,1-2H3. The van der Waals surface area contributed by atoms with Gasteiger partial charge in [-0.3, -0.25) is 0 Å². The highest BCUT2D eigenvalue weighted by molar-refractivity contribution is 5.90. The fourth-order valence-corrected chi connectivity index (χ4v) is 12.2. The Morgan fingerprint density at radius 1 is 0.553 bits per heavy atom. The van der Waals surface area contributed by atoms with Crippen LogP contribution in [0.2, 0.25) is 0 Å². The highest BCUT2D eigenvalue weighted by Gasteiger charge is 2.41. The first kappa shape index (κ1) is 57.4. The van der Waals surface area contributed by atoms with Crippen LogP contribution in [-0.2, 0) is 28.5 Å². The number of benzene rings is 3. The van der Waals surface area contributed by atoms with E-state index >= 15 is 0 Å². The van der Waals surface area contributed by atoms with E-state index in [1.165, 1.54) is 77.0 Å². The number of rotatable bonds is 22. The Morgan fingerprint density at radius 2 is 1.01 bits per heavy atom. The molecule has 3 unspecified atom stereocenters. The van der Waals surface area contributed by atoms with Crippen LogP contribution in [0.1, 0.15) is 181 Å². The van der Waals surface area contributed by atoms with Crippen LogP contribution >= 0.6 is 0 Å². The molecule has 4 fully saturated rings. The molecule has 0 saturated heterocycles. The summed E-state index contributed by atoms with van der Waals surface area (Å²) < 4.78 is 34.4. The molecule has 0 heterocycles. The highest BCUT2D eigenvalue weighted by atomic mass is 16.6. The lowest BCUT2D eigenvalue weighted by atomic mass is 9.67. The van der Waals surface area contributed by atoms with E-state index in [9.17, 15) is 19.2 Å². The van der Waals surface area contributed by atoms with E-state index in [0.717, 1.165) is 73.1 Å². The minimum Gasteiger partial charge on any atom is -0.493 e. The van der Waals surface area contributed by atoms with Gasteiger partial charge in [0, 0.05) is 36.1 Å². The van der Waals surface area contributed by atoms with Crippen molar-refractivity contribution in [3.8, 4) is 35.2 Å². The summed E-state index contributed by atoms with van der Waals surface area (Å²) in [7, 11) is 0. The van der Waals surface area contributed by atoms with Gasteiger partial charge >= 0.3 is 23.9 Å². The Kier molecular flexibility index (Phi) is 22.6. The van der Waals surface area contributed by atoms with Gasteiger partial charge in [0.2, 0.25) is 0 Å². The third kappa shape index (κ3) is 17.7. The van der Waals surface area contributed by atoms with Crippen molar-refractivity contribution < 1.29 is 47.6 Å². The average Bonchev–Trinajstić information content (AvgIpc) is 3.46. The van der Waals surface area contributed by atoms with Crippen molar-refractivity contribution in [1.29, 1.82) is 0 Å². The minimum atomic E-state index is -0.914. The molecule has 76 heavy (non-hydrogen) atoms. The largest absolute Gasteiger partial charge is 0.493 e. The molecule has 0 aromatic heterocycles. The van der Waals surface area contributed by atoms with E-state index in [4.69, 9.17) is 28.4 Å². The summed E-state index contributed by atoms with van der Waals surface area (Å²) in [5.41, 5.74) is 1.68. The van der Waals surface area contributed by atoms with Crippen molar-refractivity contribution in [3.63, 3.8) is 0 Å². The van der Waals surface area contributed by atoms with Crippen LogP contribution in [0, 0.1) is 65.1 Å². The molecule has 7 rings (SSSR count). The molecular formula is C66H82O10. The van der Waals surface area contributed by atoms with Crippen molar-refractivity contribution >= 4 is 23.9 Å². The molecule has 0 spiro atoms. The zero-order valence-electron chi connectivity index (χ0n) is 45.4. The van der Waals surface area contributed by atoms with Crippen molar-refractivity contribution in [1.82, 2.24) is 0 Å². The second-order valence-corrected chi connectivity index (χ2v) is 21.8. The molecule has 3 aromatic rings. The fraction of sp³-hybridized carbons (Fsp3) is 0.545. The van der Waals surface area contributed by atoms with Crippen molar-refractivity contribution in [2.45, 2.75) is 160 Å². The first-order valence-corrected chi connectivity index (χ1v) is 28.7. The molecule has 4 aliphatic rings. The quantitative estimate of drug-likeness (QED) is 0.0316. The summed E-state index contributed by atoms with van der Waals surface area (Å²) in [6, 6.07) is 22.0. The molecule has 406 valence electrons. The monoisotopic (exact) mass is 1030 g/mol. The Hall–Kier alpha value is -6.26. The summed E-state index contributed by atoms with van der Waals surface area (Å²) in [6.07, 6.45) is 24.6. The van der Waals surface area contributed by atoms with Crippen LogP contribution in [0.3, 0.4) is 0 Å². The Labute approximate surface area is 453 Å². The molecule has 0 N–H and O–H groups in total. The maximum absolute atomic E-state index is 13.9. The lowest BCUT2D eigenvalue weighted by Crippen LogP contribution is -2.39. The first-order valence-electron chi connectivity index (χ1n) is 28.7. The van der Waals surface area contributed by atoms with Crippen LogP contribution < -0.4 is 9.47 Å². The third-order valence-corrected chi connectivity index (χ3v) is 16.6. The van der Waals surface area contributed by atoms with Crippen molar-refractivity contribution in [3.05, 3.63) is 120 Å². The molecule has 0 bridgehead atoms. The van der Waals surface area contributed by atoms with Gasteiger partial charge in [-0.1, -0.05) is 96.1 Å². The second kappa shape index (κ2) is 29.9. The van der Waals surface area contributed by atoms with Gasteiger partial charge in [-0.05, 0) is 185 Å². The van der Waals surface area contributed by atoms with E-state index in [0.29, 0.717) is 79.3 Å². The number of ether oxygens (including phenoxy) is 6. The topological polar surface area (TPSA) is 124 Å². The van der Waals surface area contributed by atoms with Crippen LogP contribution in [0.4, 0.5) is 0 Å². The SMILES string of the molecule is C=CC(=O)OCCCOc1ccc(C(=O)OC2CCC(C3CCC(CCC)CC3)CC2C#Cc2ccc(C#CC3(OC(=O)c4ccc(OCCCOC(=O)C=C)cc4)CCC(C4CCC(CCC)CC4)CC3)cc2)cc1. The number of carbonyl (C=O) groups is 4. The van der Waals surface area contributed by atoms with Gasteiger partial charge in [0.1, 0.15) is 17.6 Å². The van der Waals surface area contributed by atoms with Gasteiger partial charge in [0.05, 0.1) is 43.5 Å². The number of hydrogen-bond donors (Lipinski definition) is 0. The summed E-state index contributed by atoms with van der Waals surface area (Å²) in [6.45, 7) is 12.6. The normalized spacial score (nSPS) is 25.1. The zero-order valence-corrected chi connectivity index (χ0v) is 45.4. The number of hydrogen-bond acceptors (Lipinski definition) is 10. The van der Waals surface area contributed by atoms with Gasteiger partial charge < -0.3 is 28.4 Å². The highest BCUT2D eigenvalue weighted by Crippen LogP contribution is 2.46. The second-order valence-electron chi connectivity index (χ2n) is 21.8. The van der Waals surface area contributed by atoms with Gasteiger partial charge in [-0.15, -0.1) is 0 Å². The number of carbonyl (C=O) groups excluding carboxylic acids is 4. The van der Waals surface area contributed by atoms with E-state index in [2.05, 4.69) is 50.7 Å². The predicted octanol–water partition coefficient (Wildman–Crippen LogP) is 14.0. The van der Waals surface area contributed by atoms with E-state index in [1.54, 1.807) is 48.5 Å². The Bertz CT molecular complexity index is 2460. The van der Waals surface area contributed by atoms with Crippen LogP contribution in [0.15, 0.2) is 98.1 Å². The average molecular weight is 1040 g/mol. The fourth-order valence-electron chi connectivity index (χ4n) is 12.2. The van der Waals surface area contributed by atoms with Gasteiger partial charge in [0.15, 0.2) is 5.60 Å². The summed E-state index contributed by atoms with van der Waals surface area (Å²) in [5.74, 6) is 17.7. The molecule has 10 heteroatoms. The predicted molar refractivity (Wildman–Crippen MR) is 296 cm³/mol. The maximum atomic E-state index is 13.9. The maximum Gasteiger partial charge on any atom is 0.339 e. The molecule has 0 amide bonds. The van der Waals surface area contributed by atoms with E-state index in [1.807, 2.05) is 24.3 Å². The molecule has 0 aliphatic heterocycles. The molecule has 4 aliphatic carbocycles. The van der Waals surface area contributed by atoms with Gasteiger partial charge in [0.25, 0.3) is 0 Å². The zero-order chi connectivity index (χ0) is 53.5. The lowest BCUT2D eigenvalue weighted by Gasteiger charge is -2.41. The van der Waals surface area contributed by atoms with Crippen LogP contribution in [0.25, 0.3) is 0 Å². The molecule has 10 nitrogen and oxygen atoms in total. The van der Waals surface area contributed by atoms with Gasteiger partial charge in [-0.2, -0.15) is 0 Å². The molecule has 4 saturated carbocycles. The van der Waals surface area contributed by atoms with Crippen LogP contribution in [0.5, 0.6) is 11.5 Å². The third-order valence-electron chi connectivity index (χ3n) is 16.6. The Morgan fingerprint density at radius 3 is 1.51 bits per heavy atom.